The van der Waals surface area contributed by atoms with Crippen LogP contribution in [0.15, 0.2) is 36.8 Å². The molecule has 0 saturated carbocycles. The van der Waals surface area contributed by atoms with Gasteiger partial charge in [-0.3, -0.25) is 4.79 Å². The summed E-state index contributed by atoms with van der Waals surface area (Å²) in [6.45, 7) is -0.105. The number of carbonyl (C=O) groups is 1. The molecule has 2 rings (SSSR count). The third kappa shape index (κ3) is 2.44. The average Bonchev–Trinajstić information content (AvgIpc) is 2.76. The van der Waals surface area contributed by atoms with Crippen molar-refractivity contribution in [2.75, 3.05) is 7.11 Å². The van der Waals surface area contributed by atoms with Crippen molar-refractivity contribution >= 4 is 5.97 Å². The lowest BCUT2D eigenvalue weighted by molar-refractivity contribution is -0.137. The van der Waals surface area contributed by atoms with Crippen LogP contribution in [0.1, 0.15) is 0 Å². The summed E-state index contributed by atoms with van der Waals surface area (Å²) in [7, 11) is 1.59. The van der Waals surface area contributed by atoms with Gasteiger partial charge in [-0.1, -0.05) is 12.1 Å². The molecule has 1 aromatic heterocycles. The zero-order valence-corrected chi connectivity index (χ0v) is 9.33. The van der Waals surface area contributed by atoms with Crippen LogP contribution >= 0.6 is 0 Å². The quantitative estimate of drug-likeness (QED) is 0.870. The lowest BCUT2D eigenvalue weighted by Gasteiger charge is -2.07. The van der Waals surface area contributed by atoms with Crippen molar-refractivity contribution in [3.05, 3.63) is 36.8 Å². The summed E-state index contributed by atoms with van der Waals surface area (Å²) in [5.74, 6) is -0.169. The number of hydrogen-bond donors (Lipinski definition) is 1. The van der Waals surface area contributed by atoms with Crippen LogP contribution in [0.3, 0.4) is 0 Å². The minimum atomic E-state index is -0.896. The van der Waals surface area contributed by atoms with Crippen molar-refractivity contribution < 1.29 is 14.6 Å². The van der Waals surface area contributed by atoms with Gasteiger partial charge < -0.3 is 14.4 Å². The van der Waals surface area contributed by atoms with Crippen molar-refractivity contribution in [3.8, 4) is 17.0 Å². The van der Waals surface area contributed by atoms with Crippen LogP contribution < -0.4 is 4.74 Å². The molecule has 1 N–H and O–H groups in total. The van der Waals surface area contributed by atoms with Gasteiger partial charge in [-0.2, -0.15) is 0 Å². The maximum absolute atomic E-state index is 10.7. The molecule has 0 amide bonds. The van der Waals surface area contributed by atoms with Gasteiger partial charge in [0.15, 0.2) is 0 Å². The van der Waals surface area contributed by atoms with Crippen LogP contribution in [-0.4, -0.2) is 27.7 Å². The average molecular weight is 232 g/mol. The molecule has 0 bridgehead atoms. The molecule has 0 aliphatic heterocycles. The van der Waals surface area contributed by atoms with Gasteiger partial charge in [-0.25, -0.2) is 4.98 Å². The molecule has 5 nitrogen and oxygen atoms in total. The monoisotopic (exact) mass is 232 g/mol. The summed E-state index contributed by atoms with van der Waals surface area (Å²) in [4.78, 5) is 14.7. The summed E-state index contributed by atoms with van der Waals surface area (Å²) in [5.41, 5.74) is 1.63. The van der Waals surface area contributed by atoms with Crippen molar-refractivity contribution in [1.82, 2.24) is 9.55 Å². The minimum Gasteiger partial charge on any atom is -0.497 e. The number of carboxylic acids is 1. The number of imidazole rings is 1. The molecule has 2 aromatic rings. The summed E-state index contributed by atoms with van der Waals surface area (Å²) in [5, 5.41) is 8.78. The van der Waals surface area contributed by atoms with E-state index in [0.717, 1.165) is 17.0 Å². The Bertz CT molecular complexity index is 534. The lowest BCUT2D eigenvalue weighted by Crippen LogP contribution is -2.08. The molecule has 17 heavy (non-hydrogen) atoms. The summed E-state index contributed by atoms with van der Waals surface area (Å²) in [6.07, 6.45) is 3.14. The molecular weight excluding hydrogens is 220 g/mol. The fourth-order valence-corrected chi connectivity index (χ4v) is 1.62. The Morgan fingerprint density at radius 2 is 2.35 bits per heavy atom. The molecule has 0 unspecified atom stereocenters. The number of benzene rings is 1. The van der Waals surface area contributed by atoms with E-state index >= 15 is 0 Å². The van der Waals surface area contributed by atoms with Gasteiger partial charge in [0.1, 0.15) is 12.3 Å². The van der Waals surface area contributed by atoms with Gasteiger partial charge >= 0.3 is 5.97 Å². The highest BCUT2D eigenvalue weighted by molar-refractivity contribution is 5.69. The number of rotatable bonds is 4. The molecule has 0 spiro atoms. The van der Waals surface area contributed by atoms with E-state index in [1.807, 2.05) is 24.3 Å². The second-order valence-corrected chi connectivity index (χ2v) is 3.53. The van der Waals surface area contributed by atoms with E-state index < -0.39 is 5.97 Å². The number of ether oxygens (including phenoxy) is 1. The van der Waals surface area contributed by atoms with Gasteiger partial charge in [-0.15, -0.1) is 0 Å². The molecule has 0 saturated heterocycles. The van der Waals surface area contributed by atoms with Crippen molar-refractivity contribution in [2.24, 2.45) is 0 Å². The SMILES string of the molecule is COc1cccc(-c2cncn2CC(=O)O)c1. The summed E-state index contributed by atoms with van der Waals surface area (Å²) < 4.78 is 6.71. The Morgan fingerprint density at radius 3 is 3.06 bits per heavy atom. The summed E-state index contributed by atoms with van der Waals surface area (Å²) in [6, 6.07) is 7.42. The third-order valence-electron chi connectivity index (χ3n) is 2.38. The van der Waals surface area contributed by atoms with Crippen LogP contribution in [0.25, 0.3) is 11.3 Å². The lowest BCUT2D eigenvalue weighted by atomic mass is 10.1. The van der Waals surface area contributed by atoms with Crippen LogP contribution in [0.2, 0.25) is 0 Å². The van der Waals surface area contributed by atoms with Gasteiger partial charge in [-0.05, 0) is 12.1 Å². The van der Waals surface area contributed by atoms with E-state index in [1.54, 1.807) is 17.9 Å². The topological polar surface area (TPSA) is 64.4 Å². The normalized spacial score (nSPS) is 10.2. The number of methoxy groups -OCH3 is 1. The summed E-state index contributed by atoms with van der Waals surface area (Å²) >= 11 is 0. The highest BCUT2D eigenvalue weighted by atomic mass is 16.5. The standard InChI is InChI=1S/C12H12N2O3/c1-17-10-4-2-3-9(5-10)11-6-13-8-14(11)7-12(15)16/h2-6,8H,7H2,1H3,(H,15,16). The predicted molar refractivity (Wildman–Crippen MR) is 61.9 cm³/mol. The van der Waals surface area contributed by atoms with Crippen molar-refractivity contribution in [3.63, 3.8) is 0 Å². The van der Waals surface area contributed by atoms with Crippen molar-refractivity contribution in [2.45, 2.75) is 6.54 Å². The van der Waals surface area contributed by atoms with E-state index in [2.05, 4.69) is 4.98 Å². The Labute approximate surface area is 98.3 Å². The number of carboxylic acid groups (broad SMARTS) is 1. The number of aliphatic carboxylic acids is 1. The van der Waals surface area contributed by atoms with E-state index in [1.165, 1.54) is 6.33 Å². The second-order valence-electron chi connectivity index (χ2n) is 3.53. The van der Waals surface area contributed by atoms with E-state index in [0.29, 0.717) is 0 Å². The van der Waals surface area contributed by atoms with Crippen molar-refractivity contribution in [1.29, 1.82) is 0 Å². The zero-order chi connectivity index (χ0) is 12.3. The largest absolute Gasteiger partial charge is 0.497 e. The zero-order valence-electron chi connectivity index (χ0n) is 9.33. The predicted octanol–water partition coefficient (Wildman–Crippen LogP) is 1.64. The number of hydrogen-bond acceptors (Lipinski definition) is 3. The van der Waals surface area contributed by atoms with E-state index in [-0.39, 0.29) is 6.54 Å². The van der Waals surface area contributed by atoms with Gasteiger partial charge in [0.05, 0.1) is 25.3 Å². The Hall–Kier alpha value is -2.30. The third-order valence-corrected chi connectivity index (χ3v) is 2.38. The minimum absolute atomic E-state index is 0.105. The molecule has 0 fully saturated rings. The molecule has 5 heteroatoms. The molecule has 0 atom stereocenters. The Morgan fingerprint density at radius 1 is 1.53 bits per heavy atom. The molecule has 1 aromatic carbocycles. The Balaban J connectivity index is 2.38. The maximum Gasteiger partial charge on any atom is 0.323 e. The first-order valence-electron chi connectivity index (χ1n) is 5.07. The first-order chi connectivity index (χ1) is 8.20. The van der Waals surface area contributed by atoms with Crippen LogP contribution in [0.4, 0.5) is 0 Å². The van der Waals surface area contributed by atoms with E-state index in [4.69, 9.17) is 9.84 Å². The van der Waals surface area contributed by atoms with Crippen LogP contribution in [0.5, 0.6) is 5.75 Å². The highest BCUT2D eigenvalue weighted by Gasteiger charge is 2.08. The van der Waals surface area contributed by atoms with Gasteiger partial charge in [0, 0.05) is 5.56 Å². The van der Waals surface area contributed by atoms with Crippen LogP contribution in [0, 0.1) is 0 Å². The molecule has 0 aliphatic rings. The second kappa shape index (κ2) is 4.69. The molecule has 0 aliphatic carbocycles. The molecule has 1 heterocycles. The van der Waals surface area contributed by atoms with Crippen LogP contribution in [-0.2, 0) is 11.3 Å². The van der Waals surface area contributed by atoms with E-state index in [9.17, 15) is 4.79 Å². The fourth-order valence-electron chi connectivity index (χ4n) is 1.62. The first kappa shape index (κ1) is 11.2. The number of nitrogens with zero attached hydrogens (tertiary/aromatic N) is 2. The Kier molecular flexibility index (Phi) is 3.09. The molecular formula is C12H12N2O3. The first-order valence-corrected chi connectivity index (χ1v) is 5.07. The smallest absolute Gasteiger partial charge is 0.323 e. The molecule has 88 valence electrons. The van der Waals surface area contributed by atoms with Gasteiger partial charge in [0.25, 0.3) is 0 Å². The van der Waals surface area contributed by atoms with Gasteiger partial charge in [0.2, 0.25) is 0 Å². The fraction of sp³-hybridized carbons (Fsp3) is 0.167. The highest BCUT2D eigenvalue weighted by Crippen LogP contribution is 2.23. The maximum atomic E-state index is 10.7. The number of aromatic nitrogens is 2. The molecule has 0 radical (unpaired) electrons.